The van der Waals surface area contributed by atoms with Gasteiger partial charge < -0.3 is 46.4 Å². The topological polar surface area (TPSA) is 267 Å². The number of carboxylic acids is 2. The predicted octanol–water partition coefficient (Wildman–Crippen LogP) is 1.20. The van der Waals surface area contributed by atoms with E-state index in [4.69, 9.17) is 4.74 Å². The van der Waals surface area contributed by atoms with Crippen LogP contribution in [0.15, 0.2) is 30.3 Å². The number of hydrogen-bond acceptors (Lipinski definition) is 10. The first-order chi connectivity index (χ1) is 28.0. The number of amides is 6. The van der Waals surface area contributed by atoms with Crippen molar-refractivity contribution in [3.8, 4) is 0 Å². The second-order valence-corrected chi connectivity index (χ2v) is 14.9. The van der Waals surface area contributed by atoms with Gasteiger partial charge in [-0.25, -0.2) is 0 Å². The standard InChI is InChI=1S/C39H55F3N6O12/c1-7-21(5)32(47-34(55)26(14-15-29(50)51)45-35(56)27(17-30(52)53)43-22(6)49)37(58)46-31(20(3)4)38(59)48-18-24(60-19-23-12-10-9-11-13-23)16-28(48)36(57)44-25(8-2)33(54)39(40,41)42/h9-13,20-21,24-28,31-32H,7-8,14-19H2,1-6H3,(H,43,49)(H,44,57)(H,45,56)(H,46,58)(H,47,55)(H,50,51)(H,52,53)/t21?,24-,25?,26-,27+,28+,31+,32+/m1/s1. The van der Waals surface area contributed by atoms with Crippen molar-refractivity contribution < 1.29 is 71.3 Å². The minimum atomic E-state index is -5.24. The number of Topliss-reactive ketones (excluding diaryl/α,β-unsaturated/α-hetero) is 1. The van der Waals surface area contributed by atoms with Crippen molar-refractivity contribution >= 4 is 53.2 Å². The van der Waals surface area contributed by atoms with E-state index in [1.807, 2.05) is 0 Å². The number of nitrogens with one attached hydrogen (secondary N) is 5. The smallest absolute Gasteiger partial charge is 0.452 e. The van der Waals surface area contributed by atoms with Crippen molar-refractivity contribution in [3.63, 3.8) is 0 Å². The third-order valence-electron chi connectivity index (χ3n) is 9.87. The van der Waals surface area contributed by atoms with Gasteiger partial charge in [-0.05, 0) is 30.2 Å². The Balaban J connectivity index is 2.42. The Hall–Kier alpha value is -5.60. The molecule has 1 aromatic carbocycles. The molecule has 0 saturated carbocycles. The number of halogens is 3. The highest BCUT2D eigenvalue weighted by molar-refractivity contribution is 5.98. The summed E-state index contributed by atoms with van der Waals surface area (Å²) < 4.78 is 46.0. The van der Waals surface area contributed by atoms with E-state index in [1.165, 1.54) is 6.92 Å². The van der Waals surface area contributed by atoms with E-state index >= 15 is 0 Å². The molecule has 21 heteroatoms. The summed E-state index contributed by atoms with van der Waals surface area (Å²) in [6.45, 7) is 8.57. The van der Waals surface area contributed by atoms with Crippen molar-refractivity contribution in [1.29, 1.82) is 0 Å². The average Bonchev–Trinajstić information content (AvgIpc) is 3.61. The lowest BCUT2D eigenvalue weighted by atomic mass is 9.95. The highest BCUT2D eigenvalue weighted by Crippen LogP contribution is 2.26. The fraction of sp³-hybridized carbons (Fsp3) is 0.615. The summed E-state index contributed by atoms with van der Waals surface area (Å²) >= 11 is 0. The molecule has 334 valence electrons. The molecule has 1 aliphatic heterocycles. The normalized spacial score (nSPS) is 18.2. The summed E-state index contributed by atoms with van der Waals surface area (Å²) in [5.41, 5.74) is 0.758. The number of likely N-dealkylation sites (tertiary alicyclic amines) is 1. The minimum absolute atomic E-state index is 0.0635. The third kappa shape index (κ3) is 15.5. The fourth-order valence-corrected chi connectivity index (χ4v) is 6.35. The van der Waals surface area contributed by atoms with Crippen LogP contribution in [0.25, 0.3) is 0 Å². The van der Waals surface area contributed by atoms with Gasteiger partial charge in [0, 0.05) is 26.3 Å². The highest BCUT2D eigenvalue weighted by Gasteiger charge is 2.47. The quantitative estimate of drug-likeness (QED) is 0.0819. The summed E-state index contributed by atoms with van der Waals surface area (Å²) in [7, 11) is 0. The number of nitrogens with zero attached hydrogens (tertiary/aromatic N) is 1. The Morgan fingerprint density at radius 3 is 1.90 bits per heavy atom. The van der Waals surface area contributed by atoms with Gasteiger partial charge in [0.05, 0.1) is 25.2 Å². The zero-order valence-electron chi connectivity index (χ0n) is 34.3. The molecule has 60 heavy (non-hydrogen) atoms. The van der Waals surface area contributed by atoms with E-state index in [9.17, 15) is 66.5 Å². The monoisotopic (exact) mass is 856 g/mol. The number of rotatable bonds is 23. The van der Waals surface area contributed by atoms with Crippen LogP contribution < -0.4 is 26.6 Å². The van der Waals surface area contributed by atoms with Crippen molar-refractivity contribution in [3.05, 3.63) is 35.9 Å². The van der Waals surface area contributed by atoms with Crippen LogP contribution in [0.5, 0.6) is 0 Å². The first-order valence-electron chi connectivity index (χ1n) is 19.5. The number of hydrogen-bond donors (Lipinski definition) is 7. The molecule has 1 fully saturated rings. The number of aliphatic carboxylic acids is 2. The Bertz CT molecular complexity index is 1700. The van der Waals surface area contributed by atoms with Crippen LogP contribution in [0.1, 0.15) is 85.6 Å². The van der Waals surface area contributed by atoms with Gasteiger partial charge in [0.1, 0.15) is 30.2 Å². The van der Waals surface area contributed by atoms with Gasteiger partial charge in [0.15, 0.2) is 0 Å². The number of carbonyl (C=O) groups excluding carboxylic acids is 7. The molecule has 0 bridgehead atoms. The van der Waals surface area contributed by atoms with Crippen LogP contribution in [-0.4, -0.2) is 123 Å². The maximum absolute atomic E-state index is 14.4. The zero-order chi connectivity index (χ0) is 45.5. The first kappa shape index (κ1) is 50.5. The lowest BCUT2D eigenvalue weighted by Gasteiger charge is -2.33. The molecule has 1 saturated heterocycles. The molecule has 2 unspecified atom stereocenters. The van der Waals surface area contributed by atoms with Crippen LogP contribution >= 0.6 is 0 Å². The van der Waals surface area contributed by atoms with Crippen LogP contribution in [0.2, 0.25) is 0 Å². The lowest BCUT2D eigenvalue weighted by Crippen LogP contribution is -2.61. The van der Waals surface area contributed by atoms with E-state index in [0.29, 0.717) is 0 Å². The molecule has 7 N–H and O–H groups in total. The molecule has 6 amide bonds. The van der Waals surface area contributed by atoms with Gasteiger partial charge in [-0.15, -0.1) is 0 Å². The number of ketones is 1. The van der Waals surface area contributed by atoms with Crippen LogP contribution in [0, 0.1) is 11.8 Å². The molecule has 2 rings (SSSR count). The van der Waals surface area contributed by atoms with Crippen LogP contribution in [0.3, 0.4) is 0 Å². The van der Waals surface area contributed by atoms with Crippen LogP contribution in [0.4, 0.5) is 13.2 Å². The Morgan fingerprint density at radius 2 is 1.38 bits per heavy atom. The molecule has 0 aromatic heterocycles. The molecule has 0 spiro atoms. The van der Waals surface area contributed by atoms with Gasteiger partial charge in [0.2, 0.25) is 35.4 Å². The van der Waals surface area contributed by atoms with Crippen molar-refractivity contribution in [1.82, 2.24) is 31.5 Å². The summed E-state index contributed by atoms with van der Waals surface area (Å²) in [5.74, 6) is -12.0. The summed E-state index contributed by atoms with van der Waals surface area (Å²) in [4.78, 5) is 116. The number of benzene rings is 1. The molecular weight excluding hydrogens is 801 g/mol. The number of alkyl halides is 3. The van der Waals surface area contributed by atoms with E-state index in [0.717, 1.165) is 17.4 Å². The minimum Gasteiger partial charge on any atom is -0.481 e. The average molecular weight is 857 g/mol. The number of ether oxygens (including phenoxy) is 1. The third-order valence-corrected chi connectivity index (χ3v) is 9.87. The highest BCUT2D eigenvalue weighted by atomic mass is 19.4. The molecular formula is C39H55F3N6O12. The summed E-state index contributed by atoms with van der Waals surface area (Å²) in [5, 5.41) is 30.2. The number of carbonyl (C=O) groups is 9. The van der Waals surface area contributed by atoms with E-state index < -0.39 is 139 Å². The molecule has 8 atom stereocenters. The number of carboxylic acid groups (broad SMARTS) is 2. The zero-order valence-corrected chi connectivity index (χ0v) is 34.3. The predicted molar refractivity (Wildman–Crippen MR) is 205 cm³/mol. The lowest BCUT2D eigenvalue weighted by molar-refractivity contribution is -0.174. The van der Waals surface area contributed by atoms with Crippen molar-refractivity contribution in [2.45, 2.75) is 135 Å². The van der Waals surface area contributed by atoms with Gasteiger partial charge >= 0.3 is 18.1 Å². The largest absolute Gasteiger partial charge is 0.481 e. The van der Waals surface area contributed by atoms with Crippen molar-refractivity contribution in [2.24, 2.45) is 11.8 Å². The maximum atomic E-state index is 14.4. The van der Waals surface area contributed by atoms with E-state index in [2.05, 4.69) is 26.6 Å². The van der Waals surface area contributed by atoms with Gasteiger partial charge in [-0.3, -0.25) is 43.2 Å². The summed E-state index contributed by atoms with van der Waals surface area (Å²) in [6, 6.07) is -0.544. The second kappa shape index (κ2) is 23.3. The molecule has 1 heterocycles. The Labute approximate surface area is 345 Å². The summed E-state index contributed by atoms with van der Waals surface area (Å²) in [6.07, 6.45) is -8.34. The Morgan fingerprint density at radius 1 is 0.783 bits per heavy atom. The van der Waals surface area contributed by atoms with E-state index in [-0.39, 0.29) is 26.0 Å². The molecule has 0 aliphatic carbocycles. The fourth-order valence-electron chi connectivity index (χ4n) is 6.35. The molecule has 18 nitrogen and oxygen atoms in total. The van der Waals surface area contributed by atoms with Crippen molar-refractivity contribution in [2.75, 3.05) is 6.54 Å². The van der Waals surface area contributed by atoms with Gasteiger partial charge in [0.25, 0.3) is 5.78 Å². The Kier molecular flexibility index (Phi) is 19.6. The van der Waals surface area contributed by atoms with Crippen LogP contribution in [-0.2, 0) is 54.5 Å². The molecule has 0 radical (unpaired) electrons. The molecule has 1 aromatic rings. The maximum Gasteiger partial charge on any atom is 0.452 e. The second-order valence-electron chi connectivity index (χ2n) is 14.9. The van der Waals surface area contributed by atoms with Gasteiger partial charge in [-0.2, -0.15) is 13.2 Å². The molecule has 1 aliphatic rings. The van der Waals surface area contributed by atoms with Gasteiger partial charge in [-0.1, -0.05) is 71.4 Å². The SMILES string of the molecule is CCC(NC(=O)[C@@H]1C[C@@H](OCc2ccccc2)CN1C(=O)[C@@H](NC(=O)[C@@H](NC(=O)[C@@H](CCC(=O)O)NC(=O)[C@H](CC(=O)O)NC(C)=O)C(C)CC)C(C)C)C(=O)C(F)(F)F. The van der Waals surface area contributed by atoms with E-state index in [1.54, 1.807) is 58.0 Å². The first-order valence-corrected chi connectivity index (χ1v) is 19.5.